The number of aromatic nitrogens is 4. The van der Waals surface area contributed by atoms with Crippen LogP contribution in [0, 0.1) is 0 Å². The maximum absolute atomic E-state index is 13.6. The van der Waals surface area contributed by atoms with E-state index in [0.29, 0.717) is 68.7 Å². The molecule has 1 N–H and O–H groups in total. The lowest BCUT2D eigenvalue weighted by atomic mass is 10.1. The summed E-state index contributed by atoms with van der Waals surface area (Å²) in [7, 11) is -3.08. The molecule has 0 radical (unpaired) electrons. The average molecular weight is 643 g/mol. The second kappa shape index (κ2) is 10.9. The van der Waals surface area contributed by atoms with Crippen molar-refractivity contribution in [3.63, 3.8) is 0 Å². The van der Waals surface area contributed by atoms with Crippen LogP contribution in [0.1, 0.15) is 40.2 Å². The Morgan fingerprint density at radius 3 is 2.58 bits per heavy atom. The molecular weight excluding hydrogens is 613 g/mol. The normalized spacial score (nSPS) is 16.4. The average Bonchev–Trinajstić information content (AvgIpc) is 3.68. The van der Waals surface area contributed by atoms with E-state index in [-0.39, 0.29) is 16.6 Å². The van der Waals surface area contributed by atoms with Gasteiger partial charge < -0.3 is 19.7 Å². The van der Waals surface area contributed by atoms with E-state index in [2.05, 4.69) is 15.0 Å². The van der Waals surface area contributed by atoms with Crippen LogP contribution < -0.4 is 15.0 Å². The van der Waals surface area contributed by atoms with E-state index in [1.807, 2.05) is 28.8 Å². The van der Waals surface area contributed by atoms with E-state index in [9.17, 15) is 26.4 Å². The summed E-state index contributed by atoms with van der Waals surface area (Å²) in [5.74, 6) is -0.934. The quantitative estimate of drug-likeness (QED) is 0.278. The zero-order chi connectivity index (χ0) is 31.5. The van der Waals surface area contributed by atoms with Crippen LogP contribution >= 0.6 is 0 Å². The number of halogens is 3. The number of fused-ring (bicyclic) bond motifs is 8. The SMILES string of the molecule is CS(=O)(=O)C1CCN(c2cccc(Cn3nc(C(=O)Nc4ccc(OC(F)(F)F)cc4)c4c5nn(c6c5COCC6)c43)c2)CC1. The topological polar surface area (TPSA) is 120 Å². The van der Waals surface area contributed by atoms with Crippen LogP contribution in [-0.4, -0.2) is 71.3 Å². The zero-order valence-corrected chi connectivity index (χ0v) is 25.0. The van der Waals surface area contributed by atoms with E-state index in [1.54, 1.807) is 4.68 Å². The largest absolute Gasteiger partial charge is 0.573 e. The number of carbonyl (C=O) groups is 1. The third-order valence-electron chi connectivity index (χ3n) is 8.40. The number of nitrogens with one attached hydrogen (secondary N) is 1. The van der Waals surface area contributed by atoms with Crippen LogP contribution in [-0.2, 0) is 34.1 Å². The van der Waals surface area contributed by atoms with Crippen molar-refractivity contribution < 1.29 is 35.9 Å². The highest BCUT2D eigenvalue weighted by Gasteiger charge is 2.33. The van der Waals surface area contributed by atoms with Crippen molar-refractivity contribution in [1.29, 1.82) is 0 Å². The lowest BCUT2D eigenvalue weighted by Crippen LogP contribution is -2.39. The Morgan fingerprint density at radius 1 is 1.11 bits per heavy atom. The van der Waals surface area contributed by atoms with Gasteiger partial charge in [0.05, 0.1) is 36.1 Å². The monoisotopic (exact) mass is 642 g/mol. The molecule has 0 aliphatic carbocycles. The number of benzene rings is 2. The minimum Gasteiger partial charge on any atom is -0.406 e. The molecule has 3 aromatic heterocycles. The van der Waals surface area contributed by atoms with E-state index in [0.717, 1.165) is 34.6 Å². The van der Waals surface area contributed by atoms with Gasteiger partial charge in [0.25, 0.3) is 5.91 Å². The molecule has 2 aromatic carbocycles. The predicted molar refractivity (Wildman–Crippen MR) is 160 cm³/mol. The fourth-order valence-electron chi connectivity index (χ4n) is 6.27. The highest BCUT2D eigenvalue weighted by atomic mass is 32.2. The van der Waals surface area contributed by atoms with Gasteiger partial charge in [-0.2, -0.15) is 10.2 Å². The minimum atomic E-state index is -4.82. The Labute approximate surface area is 255 Å². The van der Waals surface area contributed by atoms with Crippen LogP contribution in [0.25, 0.3) is 16.6 Å². The third kappa shape index (κ3) is 5.65. The second-order valence-corrected chi connectivity index (χ2v) is 13.7. The molecule has 2 aliphatic heterocycles. The molecule has 0 spiro atoms. The smallest absolute Gasteiger partial charge is 0.406 e. The molecular formula is C30H29F3N6O5S. The van der Waals surface area contributed by atoms with Gasteiger partial charge in [-0.3, -0.25) is 4.79 Å². The molecule has 1 amide bonds. The number of ether oxygens (including phenoxy) is 2. The predicted octanol–water partition coefficient (Wildman–Crippen LogP) is 4.41. The van der Waals surface area contributed by atoms with E-state index >= 15 is 0 Å². The van der Waals surface area contributed by atoms with E-state index < -0.39 is 27.9 Å². The lowest BCUT2D eigenvalue weighted by molar-refractivity contribution is -0.274. The van der Waals surface area contributed by atoms with Gasteiger partial charge in [0, 0.05) is 42.7 Å². The molecule has 5 heterocycles. The van der Waals surface area contributed by atoms with Crippen molar-refractivity contribution in [2.45, 2.75) is 44.0 Å². The van der Waals surface area contributed by atoms with Crippen molar-refractivity contribution in [2.24, 2.45) is 0 Å². The molecule has 15 heteroatoms. The number of anilines is 2. The maximum Gasteiger partial charge on any atom is 0.573 e. The lowest BCUT2D eigenvalue weighted by Gasteiger charge is -2.33. The van der Waals surface area contributed by atoms with Gasteiger partial charge in [-0.15, -0.1) is 13.2 Å². The van der Waals surface area contributed by atoms with E-state index in [4.69, 9.17) is 14.9 Å². The summed E-state index contributed by atoms with van der Waals surface area (Å²) in [6, 6.07) is 12.8. The number of nitrogens with zero attached hydrogens (tertiary/aromatic N) is 5. The van der Waals surface area contributed by atoms with Gasteiger partial charge in [-0.25, -0.2) is 17.6 Å². The van der Waals surface area contributed by atoms with Gasteiger partial charge >= 0.3 is 6.36 Å². The molecule has 0 unspecified atom stereocenters. The molecule has 2 aliphatic rings. The molecule has 2 bridgehead atoms. The molecule has 45 heavy (non-hydrogen) atoms. The summed E-state index contributed by atoms with van der Waals surface area (Å²) in [4.78, 5) is 15.8. The van der Waals surface area contributed by atoms with Crippen molar-refractivity contribution >= 4 is 43.7 Å². The molecule has 0 saturated carbocycles. The standard InChI is InChI=1S/C30H29F3N6O5S/c1-45(41,42)22-9-12-37(13-10-22)20-4-2-3-18(15-20)16-38-29-25(26-23-17-43-14-11-24(23)39(29)36-26)27(35-38)28(40)34-19-5-7-21(8-6-19)44-30(31,32)33/h2-8,15,22H,9-14,16-17H2,1H3,(H,34,40). The van der Waals surface area contributed by atoms with Crippen LogP contribution in [0.15, 0.2) is 48.5 Å². The number of sulfone groups is 1. The first-order chi connectivity index (χ1) is 21.4. The number of piperidine rings is 1. The van der Waals surface area contributed by atoms with Gasteiger partial charge in [-0.05, 0) is 54.8 Å². The van der Waals surface area contributed by atoms with Crippen molar-refractivity contribution in [1.82, 2.24) is 19.4 Å². The first kappa shape index (κ1) is 29.3. The number of hydrogen-bond donors (Lipinski definition) is 1. The van der Waals surface area contributed by atoms with Gasteiger partial charge in [-0.1, -0.05) is 12.1 Å². The molecule has 0 atom stereocenters. The highest BCUT2D eigenvalue weighted by molar-refractivity contribution is 7.91. The Bertz CT molecular complexity index is 2000. The van der Waals surface area contributed by atoms with E-state index in [1.165, 1.54) is 18.4 Å². The van der Waals surface area contributed by atoms with Gasteiger partial charge in [0.1, 0.15) is 21.1 Å². The Hall–Kier alpha value is -4.37. The summed E-state index contributed by atoms with van der Waals surface area (Å²) >= 11 is 0. The number of carbonyl (C=O) groups excluding carboxylic acids is 1. The van der Waals surface area contributed by atoms with Crippen molar-refractivity contribution in [2.75, 3.05) is 36.2 Å². The second-order valence-electron chi connectivity index (χ2n) is 11.4. The molecule has 5 aromatic rings. The number of hydrogen-bond acceptors (Lipinski definition) is 8. The Kier molecular flexibility index (Phi) is 7.11. The first-order valence-corrected chi connectivity index (χ1v) is 16.4. The van der Waals surface area contributed by atoms with Crippen molar-refractivity contribution in [3.05, 3.63) is 71.0 Å². The zero-order valence-electron chi connectivity index (χ0n) is 24.2. The summed E-state index contributed by atoms with van der Waals surface area (Å²) in [6.07, 6.45) is -1.72. The summed E-state index contributed by atoms with van der Waals surface area (Å²) in [5.41, 5.74) is 5.56. The Morgan fingerprint density at radius 2 is 1.87 bits per heavy atom. The maximum atomic E-state index is 13.6. The molecule has 1 saturated heterocycles. The number of alkyl halides is 3. The number of rotatable bonds is 7. The van der Waals surface area contributed by atoms with Crippen LogP contribution in [0.3, 0.4) is 0 Å². The first-order valence-electron chi connectivity index (χ1n) is 14.4. The highest BCUT2D eigenvalue weighted by Crippen LogP contribution is 2.35. The summed E-state index contributed by atoms with van der Waals surface area (Å²) in [5, 5.41) is 12.5. The fourth-order valence-corrected chi connectivity index (χ4v) is 7.33. The van der Waals surface area contributed by atoms with Crippen LogP contribution in [0.4, 0.5) is 24.5 Å². The molecule has 1 fully saturated rings. The number of pyridine rings is 1. The van der Waals surface area contributed by atoms with Gasteiger partial charge in [0.15, 0.2) is 11.3 Å². The van der Waals surface area contributed by atoms with Crippen LogP contribution in [0.2, 0.25) is 0 Å². The number of amides is 1. The Balaban J connectivity index is 1.19. The van der Waals surface area contributed by atoms with Crippen LogP contribution in [0.5, 0.6) is 5.75 Å². The molecule has 11 nitrogen and oxygen atoms in total. The van der Waals surface area contributed by atoms with Gasteiger partial charge in [0.2, 0.25) is 0 Å². The summed E-state index contributed by atoms with van der Waals surface area (Å²) < 4.78 is 74.9. The van der Waals surface area contributed by atoms with Crippen molar-refractivity contribution in [3.8, 4) is 5.75 Å². The minimum absolute atomic E-state index is 0.137. The molecule has 7 rings (SSSR count). The fraction of sp³-hybridized carbons (Fsp3) is 0.367. The summed E-state index contributed by atoms with van der Waals surface area (Å²) in [6.45, 7) is 2.53. The molecule has 236 valence electrons. The third-order valence-corrected chi connectivity index (χ3v) is 10.1.